The molecule has 6 nitrogen and oxygen atoms in total. The second-order valence-corrected chi connectivity index (χ2v) is 20.1. The minimum atomic E-state index is -0.761. The molecule has 0 aromatic carbocycles. The van der Waals surface area contributed by atoms with Crippen LogP contribution in [0.5, 0.6) is 0 Å². The number of carbonyl (C=O) groups excluding carboxylic acids is 3. The van der Waals surface area contributed by atoms with Crippen LogP contribution in [-0.2, 0) is 28.6 Å². The molecule has 6 heteroatoms. The fourth-order valence-electron chi connectivity index (χ4n) is 8.75. The summed E-state index contributed by atoms with van der Waals surface area (Å²) in [7, 11) is 0. The molecule has 0 heterocycles. The van der Waals surface area contributed by atoms with Crippen LogP contribution < -0.4 is 0 Å². The van der Waals surface area contributed by atoms with Crippen LogP contribution in [0.15, 0.2) is 0 Å². The highest BCUT2D eigenvalue weighted by molar-refractivity contribution is 5.71. The van der Waals surface area contributed by atoms with Gasteiger partial charge in [0.25, 0.3) is 0 Å². The van der Waals surface area contributed by atoms with E-state index in [9.17, 15) is 14.4 Å². The van der Waals surface area contributed by atoms with Gasteiger partial charge >= 0.3 is 17.9 Å². The Balaban J connectivity index is 4.27. The molecule has 374 valence electrons. The zero-order chi connectivity index (χ0) is 45.9. The fourth-order valence-corrected chi connectivity index (χ4v) is 8.75. The van der Waals surface area contributed by atoms with Gasteiger partial charge in [0.15, 0.2) is 6.10 Å². The number of hydrogen-bond acceptors (Lipinski definition) is 6. The number of rotatable bonds is 52. The van der Waals surface area contributed by atoms with Crippen molar-refractivity contribution in [2.24, 2.45) is 5.92 Å². The van der Waals surface area contributed by atoms with Crippen molar-refractivity contribution in [2.45, 2.75) is 329 Å². The first kappa shape index (κ1) is 61.4. The maximum absolute atomic E-state index is 12.8. The van der Waals surface area contributed by atoms with Crippen LogP contribution in [0.3, 0.4) is 0 Å². The first-order chi connectivity index (χ1) is 30.9. The van der Waals surface area contributed by atoms with Gasteiger partial charge < -0.3 is 14.2 Å². The third-order valence-corrected chi connectivity index (χ3v) is 13.0. The Morgan fingerprint density at radius 3 is 0.778 bits per heavy atom. The molecule has 0 spiro atoms. The van der Waals surface area contributed by atoms with E-state index in [1.807, 2.05) is 0 Å². The zero-order valence-corrected chi connectivity index (χ0v) is 43.0. The smallest absolute Gasteiger partial charge is 0.306 e. The molecule has 0 aromatic heterocycles. The Labute approximate surface area is 393 Å². The van der Waals surface area contributed by atoms with Gasteiger partial charge in [-0.05, 0) is 25.2 Å². The van der Waals surface area contributed by atoms with E-state index in [1.165, 1.54) is 218 Å². The SMILES string of the molecule is CCCCCCCCCCCCCCCCCCCCCC(=O)O[C@@H](COC(=O)CCCCCCCCCCCCCC)COC(=O)CCCCCCCCCCCCCC(C)C. The largest absolute Gasteiger partial charge is 0.462 e. The number of carbonyl (C=O) groups is 3. The van der Waals surface area contributed by atoms with Gasteiger partial charge in [0.2, 0.25) is 0 Å². The number of hydrogen-bond donors (Lipinski definition) is 0. The highest BCUT2D eigenvalue weighted by Crippen LogP contribution is 2.18. The summed E-state index contributed by atoms with van der Waals surface area (Å²) >= 11 is 0. The van der Waals surface area contributed by atoms with Crippen molar-refractivity contribution in [1.82, 2.24) is 0 Å². The standard InChI is InChI=1S/C57H110O6/c1-5-7-9-11-13-15-17-19-20-21-22-23-24-25-29-34-38-42-46-50-57(60)63-54(51-61-55(58)48-44-40-36-32-28-18-16-14-12-10-8-6-2)52-62-56(59)49-45-41-37-33-30-26-27-31-35-39-43-47-53(3)4/h53-54H,5-52H2,1-4H3/t54-/m0/s1. The Kier molecular flexibility index (Phi) is 50.1. The third kappa shape index (κ3) is 51.3. The molecule has 0 aliphatic rings. The van der Waals surface area contributed by atoms with Gasteiger partial charge in [-0.1, -0.05) is 285 Å². The quantitative estimate of drug-likeness (QED) is 0.0344. The van der Waals surface area contributed by atoms with Gasteiger partial charge in [-0.15, -0.1) is 0 Å². The summed E-state index contributed by atoms with van der Waals surface area (Å²) in [6, 6.07) is 0. The molecule has 0 saturated heterocycles. The maximum atomic E-state index is 12.8. The van der Waals surface area contributed by atoms with Crippen molar-refractivity contribution < 1.29 is 28.6 Å². The molecule has 0 fully saturated rings. The summed E-state index contributed by atoms with van der Waals surface area (Å²) in [6.45, 7) is 9.04. The number of unbranched alkanes of at least 4 members (excludes halogenated alkanes) is 39. The lowest BCUT2D eigenvalue weighted by molar-refractivity contribution is -0.167. The first-order valence-electron chi connectivity index (χ1n) is 28.4. The minimum absolute atomic E-state index is 0.0623. The molecule has 0 saturated carbocycles. The predicted molar refractivity (Wildman–Crippen MR) is 270 cm³/mol. The molecular formula is C57H110O6. The summed E-state index contributed by atoms with van der Waals surface area (Å²) in [4.78, 5) is 38.1. The lowest BCUT2D eigenvalue weighted by Crippen LogP contribution is -2.30. The molecule has 0 unspecified atom stereocenters. The minimum Gasteiger partial charge on any atom is -0.462 e. The van der Waals surface area contributed by atoms with Crippen LogP contribution in [0.1, 0.15) is 323 Å². The normalized spacial score (nSPS) is 12.0. The van der Waals surface area contributed by atoms with E-state index in [1.54, 1.807) is 0 Å². The Morgan fingerprint density at radius 2 is 0.524 bits per heavy atom. The van der Waals surface area contributed by atoms with Gasteiger partial charge in [-0.25, -0.2) is 0 Å². The summed E-state index contributed by atoms with van der Waals surface area (Å²) in [5.41, 5.74) is 0. The fraction of sp³-hybridized carbons (Fsp3) is 0.947. The molecular weight excluding hydrogens is 781 g/mol. The van der Waals surface area contributed by atoms with Crippen LogP contribution in [0.4, 0.5) is 0 Å². The average molecular weight is 892 g/mol. The van der Waals surface area contributed by atoms with Crippen molar-refractivity contribution in [3.8, 4) is 0 Å². The van der Waals surface area contributed by atoms with Gasteiger partial charge in [0, 0.05) is 19.3 Å². The topological polar surface area (TPSA) is 78.9 Å². The lowest BCUT2D eigenvalue weighted by atomic mass is 10.0. The summed E-state index contributed by atoms with van der Waals surface area (Å²) in [5, 5.41) is 0. The van der Waals surface area contributed by atoms with Crippen LogP contribution in [0, 0.1) is 5.92 Å². The second-order valence-electron chi connectivity index (χ2n) is 20.1. The molecule has 0 aliphatic carbocycles. The monoisotopic (exact) mass is 891 g/mol. The molecule has 0 amide bonds. The van der Waals surface area contributed by atoms with E-state index in [4.69, 9.17) is 14.2 Å². The van der Waals surface area contributed by atoms with E-state index in [0.717, 1.165) is 63.7 Å². The molecule has 63 heavy (non-hydrogen) atoms. The maximum Gasteiger partial charge on any atom is 0.306 e. The zero-order valence-electron chi connectivity index (χ0n) is 43.0. The van der Waals surface area contributed by atoms with Crippen molar-refractivity contribution >= 4 is 17.9 Å². The van der Waals surface area contributed by atoms with E-state index in [2.05, 4.69) is 27.7 Å². The third-order valence-electron chi connectivity index (χ3n) is 13.0. The molecule has 0 rings (SSSR count). The highest BCUT2D eigenvalue weighted by atomic mass is 16.6. The van der Waals surface area contributed by atoms with Gasteiger partial charge in [-0.2, -0.15) is 0 Å². The lowest BCUT2D eigenvalue weighted by Gasteiger charge is -2.18. The van der Waals surface area contributed by atoms with E-state index < -0.39 is 6.10 Å². The Hall–Kier alpha value is -1.59. The van der Waals surface area contributed by atoms with E-state index >= 15 is 0 Å². The van der Waals surface area contributed by atoms with Crippen molar-refractivity contribution in [3.63, 3.8) is 0 Å². The Morgan fingerprint density at radius 1 is 0.302 bits per heavy atom. The molecule has 0 radical (unpaired) electrons. The molecule has 1 atom stereocenters. The van der Waals surface area contributed by atoms with Crippen molar-refractivity contribution in [1.29, 1.82) is 0 Å². The molecule has 0 aliphatic heterocycles. The van der Waals surface area contributed by atoms with Crippen LogP contribution in [-0.4, -0.2) is 37.2 Å². The first-order valence-corrected chi connectivity index (χ1v) is 28.4. The number of ether oxygens (including phenoxy) is 3. The molecule has 0 N–H and O–H groups in total. The van der Waals surface area contributed by atoms with E-state index in [-0.39, 0.29) is 31.1 Å². The molecule has 0 aromatic rings. The molecule has 0 bridgehead atoms. The summed E-state index contributed by atoms with van der Waals surface area (Å²) in [5.74, 6) is -0.0114. The van der Waals surface area contributed by atoms with Crippen molar-refractivity contribution in [3.05, 3.63) is 0 Å². The number of esters is 3. The highest BCUT2D eigenvalue weighted by Gasteiger charge is 2.19. The van der Waals surface area contributed by atoms with Gasteiger partial charge in [-0.3, -0.25) is 14.4 Å². The van der Waals surface area contributed by atoms with Gasteiger partial charge in [0.1, 0.15) is 13.2 Å². The summed E-state index contributed by atoms with van der Waals surface area (Å²) < 4.78 is 16.9. The Bertz CT molecular complexity index is 949. The predicted octanol–water partition coefficient (Wildman–Crippen LogP) is 18.6. The van der Waals surface area contributed by atoms with Crippen molar-refractivity contribution in [2.75, 3.05) is 13.2 Å². The average Bonchev–Trinajstić information content (AvgIpc) is 3.27. The van der Waals surface area contributed by atoms with Crippen LogP contribution in [0.25, 0.3) is 0 Å². The van der Waals surface area contributed by atoms with Crippen LogP contribution in [0.2, 0.25) is 0 Å². The second kappa shape index (κ2) is 51.4. The van der Waals surface area contributed by atoms with E-state index in [0.29, 0.717) is 19.3 Å². The van der Waals surface area contributed by atoms with Crippen LogP contribution >= 0.6 is 0 Å². The van der Waals surface area contributed by atoms with Gasteiger partial charge in [0.05, 0.1) is 0 Å². The summed E-state index contributed by atoms with van der Waals surface area (Å²) in [6.07, 6.45) is 55.2.